The van der Waals surface area contributed by atoms with E-state index in [-0.39, 0.29) is 0 Å². The molecule has 0 aliphatic heterocycles. The van der Waals surface area contributed by atoms with Gasteiger partial charge < -0.3 is 0 Å². The van der Waals surface area contributed by atoms with Crippen molar-refractivity contribution in [3.8, 4) is 0 Å². The molecular formula is C8H16N2. The highest BCUT2D eigenvalue weighted by molar-refractivity contribution is 5.84. The van der Waals surface area contributed by atoms with Crippen LogP contribution >= 0.6 is 0 Å². The van der Waals surface area contributed by atoms with Crippen molar-refractivity contribution < 1.29 is 0 Å². The number of hydrogen-bond acceptors (Lipinski definition) is 1. The summed E-state index contributed by atoms with van der Waals surface area (Å²) in [6.07, 6.45) is 0. The second-order valence-electron chi connectivity index (χ2n) is 1.55. The average molecular weight is 140 g/mol. The van der Waals surface area contributed by atoms with Crippen LogP contribution in [0.15, 0.2) is 22.3 Å². The van der Waals surface area contributed by atoms with E-state index in [4.69, 9.17) is 0 Å². The van der Waals surface area contributed by atoms with Gasteiger partial charge in [0.1, 0.15) is 5.84 Å². The van der Waals surface area contributed by atoms with Gasteiger partial charge in [-0.1, -0.05) is 20.4 Å². The molecule has 0 aromatic carbocycles. The maximum atomic E-state index is 3.89. The molecule has 0 aliphatic rings. The molecule has 0 saturated carbocycles. The van der Waals surface area contributed by atoms with Crippen LogP contribution in [0.3, 0.4) is 0 Å². The lowest BCUT2D eigenvalue weighted by molar-refractivity contribution is 1.30. The molecule has 0 amide bonds. The van der Waals surface area contributed by atoms with E-state index in [0.29, 0.717) is 5.84 Å². The molecule has 0 heterocycles. The molecule has 0 N–H and O–H groups in total. The lowest BCUT2D eigenvalue weighted by atomic mass is 10.6. The van der Waals surface area contributed by atoms with Crippen LogP contribution in [0.5, 0.6) is 0 Å². The molecule has 0 bridgehead atoms. The minimum absolute atomic E-state index is 0.664. The molecule has 0 aromatic heterocycles. The van der Waals surface area contributed by atoms with Crippen molar-refractivity contribution in [2.45, 2.75) is 27.7 Å². The summed E-state index contributed by atoms with van der Waals surface area (Å²) < 4.78 is 0. The molecule has 0 spiro atoms. The largest absolute Gasteiger partial charge is 0.250 e. The second-order valence-corrected chi connectivity index (χ2v) is 1.55. The van der Waals surface area contributed by atoms with E-state index in [2.05, 4.69) is 23.3 Å². The topological polar surface area (TPSA) is 24.7 Å². The van der Waals surface area contributed by atoms with E-state index in [1.54, 1.807) is 6.92 Å². The molecule has 0 aromatic rings. The van der Waals surface area contributed by atoms with Gasteiger partial charge in [-0.25, -0.2) is 9.98 Å². The van der Waals surface area contributed by atoms with Crippen LogP contribution in [-0.2, 0) is 0 Å². The van der Waals surface area contributed by atoms with E-state index < -0.39 is 0 Å². The maximum Gasteiger partial charge on any atom is 0.124 e. The van der Waals surface area contributed by atoms with Crippen LogP contribution in [0.4, 0.5) is 0 Å². The Morgan fingerprint density at radius 2 is 1.60 bits per heavy atom. The summed E-state index contributed by atoms with van der Waals surface area (Å²) in [5, 5.41) is 0. The molecule has 0 fully saturated rings. The standard InChI is InChI=1S/C6H10N2.C2H6/c1-5(2)8-6(3)7-4;1-2/h1,4H2,2-3H3;1-2H3. The predicted octanol–water partition coefficient (Wildman–Crippen LogP) is 2.67. The monoisotopic (exact) mass is 140 g/mol. The van der Waals surface area contributed by atoms with Gasteiger partial charge in [-0.05, 0) is 20.6 Å². The highest BCUT2D eigenvalue weighted by Gasteiger charge is 1.79. The Morgan fingerprint density at radius 1 is 1.20 bits per heavy atom. The van der Waals surface area contributed by atoms with Gasteiger partial charge >= 0.3 is 0 Å². The Hall–Kier alpha value is -0.920. The number of allylic oxidation sites excluding steroid dienone is 1. The number of aliphatic imine (C=N–C) groups is 2. The van der Waals surface area contributed by atoms with Crippen molar-refractivity contribution in [1.29, 1.82) is 0 Å². The van der Waals surface area contributed by atoms with E-state index in [9.17, 15) is 0 Å². The van der Waals surface area contributed by atoms with Crippen LogP contribution < -0.4 is 0 Å². The zero-order valence-corrected chi connectivity index (χ0v) is 7.31. The average Bonchev–Trinajstić information content (AvgIpc) is 1.91. The SMILES string of the molecule is C=NC(C)=NC(=C)C.CC. The summed E-state index contributed by atoms with van der Waals surface area (Å²) in [5.41, 5.74) is 0.759. The fraction of sp³-hybridized carbons (Fsp3) is 0.500. The van der Waals surface area contributed by atoms with Gasteiger partial charge in [-0.15, -0.1) is 0 Å². The fourth-order valence-corrected chi connectivity index (χ4v) is 0.312. The predicted molar refractivity (Wildman–Crippen MR) is 48.8 cm³/mol. The van der Waals surface area contributed by atoms with Crippen molar-refractivity contribution in [3.63, 3.8) is 0 Å². The summed E-state index contributed by atoms with van der Waals surface area (Å²) in [6.45, 7) is 14.5. The second kappa shape index (κ2) is 8.08. The zero-order chi connectivity index (χ0) is 8.57. The molecule has 0 saturated heterocycles. The molecule has 0 rings (SSSR count). The summed E-state index contributed by atoms with van der Waals surface area (Å²) in [7, 11) is 0. The number of rotatable bonds is 1. The third-order valence-electron chi connectivity index (χ3n) is 0.581. The Balaban J connectivity index is 0. The van der Waals surface area contributed by atoms with Gasteiger partial charge in [0.25, 0.3) is 0 Å². The molecule has 2 heteroatoms. The Bertz CT molecular complexity index is 134. The Labute approximate surface area is 63.4 Å². The molecule has 58 valence electrons. The minimum Gasteiger partial charge on any atom is -0.250 e. The molecule has 0 atom stereocenters. The molecule has 0 aliphatic carbocycles. The maximum absolute atomic E-state index is 3.89. The van der Waals surface area contributed by atoms with E-state index >= 15 is 0 Å². The quantitative estimate of drug-likeness (QED) is 0.395. The molecular weight excluding hydrogens is 124 g/mol. The fourth-order valence-electron chi connectivity index (χ4n) is 0.312. The highest BCUT2D eigenvalue weighted by atomic mass is 14.9. The van der Waals surface area contributed by atoms with E-state index in [1.165, 1.54) is 0 Å². The van der Waals surface area contributed by atoms with Gasteiger partial charge in [0.05, 0.1) is 0 Å². The normalized spacial score (nSPS) is 9.40. The summed E-state index contributed by atoms with van der Waals surface area (Å²) in [4.78, 5) is 7.46. The van der Waals surface area contributed by atoms with Crippen molar-refractivity contribution in [3.05, 3.63) is 12.3 Å². The Kier molecular flexibility index (Phi) is 9.56. The van der Waals surface area contributed by atoms with Gasteiger partial charge in [0.2, 0.25) is 0 Å². The Morgan fingerprint density at radius 3 is 1.70 bits per heavy atom. The molecule has 2 nitrogen and oxygen atoms in total. The first-order valence-corrected chi connectivity index (χ1v) is 3.34. The molecule has 0 unspecified atom stereocenters. The first-order chi connectivity index (χ1) is 4.66. The van der Waals surface area contributed by atoms with E-state index in [0.717, 1.165) is 5.70 Å². The summed E-state index contributed by atoms with van der Waals surface area (Å²) in [5.74, 6) is 0.664. The van der Waals surface area contributed by atoms with Crippen molar-refractivity contribution in [1.82, 2.24) is 0 Å². The third kappa shape index (κ3) is 10.1. The lowest BCUT2D eigenvalue weighted by Crippen LogP contribution is -1.81. The van der Waals surface area contributed by atoms with Crippen LogP contribution in [0, 0.1) is 0 Å². The van der Waals surface area contributed by atoms with E-state index in [1.807, 2.05) is 20.8 Å². The number of hydrogen-bond donors (Lipinski definition) is 0. The zero-order valence-electron chi connectivity index (χ0n) is 7.31. The van der Waals surface area contributed by atoms with Crippen molar-refractivity contribution >= 4 is 12.6 Å². The highest BCUT2D eigenvalue weighted by Crippen LogP contribution is 1.89. The van der Waals surface area contributed by atoms with Gasteiger partial charge in [0.15, 0.2) is 0 Å². The third-order valence-corrected chi connectivity index (χ3v) is 0.581. The van der Waals surface area contributed by atoms with Crippen LogP contribution in [0.25, 0.3) is 0 Å². The smallest absolute Gasteiger partial charge is 0.124 e. The van der Waals surface area contributed by atoms with Crippen LogP contribution in [0.2, 0.25) is 0 Å². The minimum atomic E-state index is 0.664. The van der Waals surface area contributed by atoms with Crippen molar-refractivity contribution in [2.24, 2.45) is 9.98 Å². The summed E-state index contributed by atoms with van der Waals surface area (Å²) in [6, 6.07) is 0. The number of nitrogens with zero attached hydrogens (tertiary/aromatic N) is 2. The molecule has 10 heavy (non-hydrogen) atoms. The summed E-state index contributed by atoms with van der Waals surface area (Å²) >= 11 is 0. The van der Waals surface area contributed by atoms with Crippen LogP contribution in [-0.4, -0.2) is 12.6 Å². The first kappa shape index (κ1) is 11.8. The van der Waals surface area contributed by atoms with Gasteiger partial charge in [0, 0.05) is 5.70 Å². The van der Waals surface area contributed by atoms with Gasteiger partial charge in [-0.2, -0.15) is 0 Å². The van der Waals surface area contributed by atoms with Gasteiger partial charge in [-0.3, -0.25) is 0 Å². The first-order valence-electron chi connectivity index (χ1n) is 3.34. The molecule has 0 radical (unpaired) electrons. The van der Waals surface area contributed by atoms with Crippen molar-refractivity contribution in [2.75, 3.05) is 0 Å². The number of amidine groups is 1. The van der Waals surface area contributed by atoms with Crippen LogP contribution in [0.1, 0.15) is 27.7 Å². The lowest BCUT2D eigenvalue weighted by Gasteiger charge is -1.87.